The van der Waals surface area contributed by atoms with E-state index in [1.54, 1.807) is 0 Å². The molecule has 2 aliphatic rings. The lowest BCUT2D eigenvalue weighted by Crippen LogP contribution is -2.52. The molecule has 20 heavy (non-hydrogen) atoms. The first kappa shape index (κ1) is 15.5. The van der Waals surface area contributed by atoms with Gasteiger partial charge in [0.1, 0.15) is 6.29 Å². The van der Waals surface area contributed by atoms with Gasteiger partial charge < -0.3 is 9.69 Å². The summed E-state index contributed by atoms with van der Waals surface area (Å²) >= 11 is 0. The maximum absolute atomic E-state index is 11.9. The molecule has 114 valence electrons. The fourth-order valence-electron chi connectivity index (χ4n) is 3.48. The molecule has 1 aliphatic heterocycles. The second-order valence-corrected chi connectivity index (χ2v) is 6.12. The Kier molecular flexibility index (Phi) is 6.51. The smallest absolute Gasteiger partial charge is 0.223 e. The summed E-state index contributed by atoms with van der Waals surface area (Å²) in [6.45, 7) is 3.71. The highest BCUT2D eigenvalue weighted by Crippen LogP contribution is 2.22. The molecule has 1 amide bonds. The molecule has 0 radical (unpaired) electrons. The summed E-state index contributed by atoms with van der Waals surface area (Å²) in [6, 6.07) is 0.738. The molecule has 0 unspecified atom stereocenters. The molecule has 2 rings (SSSR count). The van der Waals surface area contributed by atoms with Crippen molar-refractivity contribution < 1.29 is 9.59 Å². The Morgan fingerprint density at radius 3 is 2.15 bits per heavy atom. The number of piperazine rings is 1. The minimum absolute atomic E-state index is 0.148. The fourth-order valence-corrected chi connectivity index (χ4v) is 3.48. The van der Waals surface area contributed by atoms with E-state index in [2.05, 4.69) is 4.90 Å². The zero-order chi connectivity index (χ0) is 14.2. The number of hydrogen-bond acceptors (Lipinski definition) is 3. The number of nitrogens with zero attached hydrogens (tertiary/aromatic N) is 2. The van der Waals surface area contributed by atoms with Crippen molar-refractivity contribution in [1.29, 1.82) is 0 Å². The summed E-state index contributed by atoms with van der Waals surface area (Å²) in [6.07, 6.45) is 11.2. The topological polar surface area (TPSA) is 40.6 Å². The van der Waals surface area contributed by atoms with Gasteiger partial charge in [0.2, 0.25) is 5.91 Å². The van der Waals surface area contributed by atoms with Gasteiger partial charge in [0, 0.05) is 45.1 Å². The SMILES string of the molecule is O=CCCC(=O)N1CCN(C2CCCCCCC2)CC1. The Bertz CT molecular complexity index is 304. The van der Waals surface area contributed by atoms with Gasteiger partial charge in [-0.3, -0.25) is 9.69 Å². The molecule has 0 N–H and O–H groups in total. The van der Waals surface area contributed by atoms with E-state index in [9.17, 15) is 9.59 Å². The van der Waals surface area contributed by atoms with Gasteiger partial charge in [0.25, 0.3) is 0 Å². The van der Waals surface area contributed by atoms with E-state index in [1.165, 1.54) is 44.9 Å². The Morgan fingerprint density at radius 1 is 0.950 bits per heavy atom. The maximum Gasteiger partial charge on any atom is 0.223 e. The van der Waals surface area contributed by atoms with Gasteiger partial charge in [-0.2, -0.15) is 0 Å². The van der Waals surface area contributed by atoms with Crippen LogP contribution in [0.1, 0.15) is 57.8 Å². The van der Waals surface area contributed by atoms with Crippen LogP contribution in [-0.2, 0) is 9.59 Å². The van der Waals surface area contributed by atoms with Gasteiger partial charge in [-0.05, 0) is 12.8 Å². The lowest BCUT2D eigenvalue weighted by Gasteiger charge is -2.40. The van der Waals surface area contributed by atoms with E-state index in [1.807, 2.05) is 4.90 Å². The van der Waals surface area contributed by atoms with Crippen molar-refractivity contribution in [1.82, 2.24) is 9.80 Å². The van der Waals surface area contributed by atoms with E-state index in [0.29, 0.717) is 12.8 Å². The second kappa shape index (κ2) is 8.40. The van der Waals surface area contributed by atoms with Crippen LogP contribution in [0, 0.1) is 0 Å². The fraction of sp³-hybridized carbons (Fsp3) is 0.875. The highest BCUT2D eigenvalue weighted by atomic mass is 16.2. The van der Waals surface area contributed by atoms with E-state index < -0.39 is 0 Å². The maximum atomic E-state index is 11.9. The van der Waals surface area contributed by atoms with Gasteiger partial charge in [-0.25, -0.2) is 0 Å². The van der Waals surface area contributed by atoms with Crippen molar-refractivity contribution in [3.05, 3.63) is 0 Å². The van der Waals surface area contributed by atoms with Crippen LogP contribution in [0.2, 0.25) is 0 Å². The first-order valence-corrected chi connectivity index (χ1v) is 8.26. The molecule has 0 aromatic rings. The summed E-state index contributed by atoms with van der Waals surface area (Å²) in [4.78, 5) is 26.7. The van der Waals surface area contributed by atoms with Gasteiger partial charge >= 0.3 is 0 Å². The normalized spacial score (nSPS) is 23.1. The number of aldehydes is 1. The van der Waals surface area contributed by atoms with Crippen molar-refractivity contribution in [3.8, 4) is 0 Å². The molecule has 1 heterocycles. The van der Waals surface area contributed by atoms with E-state index in [0.717, 1.165) is 38.5 Å². The Labute approximate surface area is 122 Å². The second-order valence-electron chi connectivity index (χ2n) is 6.12. The molecular weight excluding hydrogens is 252 g/mol. The lowest BCUT2D eigenvalue weighted by atomic mass is 9.95. The van der Waals surface area contributed by atoms with Crippen LogP contribution in [0.15, 0.2) is 0 Å². The molecule has 0 bridgehead atoms. The van der Waals surface area contributed by atoms with Crippen molar-refractivity contribution in [2.45, 2.75) is 63.8 Å². The van der Waals surface area contributed by atoms with E-state index in [-0.39, 0.29) is 5.91 Å². The number of carbonyl (C=O) groups is 2. The van der Waals surface area contributed by atoms with Crippen molar-refractivity contribution >= 4 is 12.2 Å². The molecule has 4 heteroatoms. The highest BCUT2D eigenvalue weighted by Gasteiger charge is 2.25. The zero-order valence-electron chi connectivity index (χ0n) is 12.6. The minimum Gasteiger partial charge on any atom is -0.340 e. The summed E-state index contributed by atoms with van der Waals surface area (Å²) in [7, 11) is 0. The first-order valence-electron chi connectivity index (χ1n) is 8.26. The summed E-state index contributed by atoms with van der Waals surface area (Å²) < 4.78 is 0. The van der Waals surface area contributed by atoms with Gasteiger partial charge in [0.15, 0.2) is 0 Å². The largest absolute Gasteiger partial charge is 0.340 e. The minimum atomic E-state index is 0.148. The molecule has 0 aromatic carbocycles. The standard InChI is InChI=1S/C16H28N2O2/c19-14-6-9-16(20)18-12-10-17(11-13-18)15-7-4-2-1-3-5-8-15/h14-15H,1-13H2. The average molecular weight is 280 g/mol. The number of rotatable bonds is 4. The molecule has 0 atom stereocenters. The summed E-state index contributed by atoms with van der Waals surface area (Å²) in [5.74, 6) is 0.148. The molecule has 0 spiro atoms. The molecule has 4 nitrogen and oxygen atoms in total. The summed E-state index contributed by atoms with van der Waals surface area (Å²) in [5.41, 5.74) is 0. The molecule has 0 aromatic heterocycles. The summed E-state index contributed by atoms with van der Waals surface area (Å²) in [5, 5.41) is 0. The van der Waals surface area contributed by atoms with Crippen molar-refractivity contribution in [2.24, 2.45) is 0 Å². The Balaban J connectivity index is 1.74. The van der Waals surface area contributed by atoms with Gasteiger partial charge in [-0.1, -0.05) is 32.1 Å². The first-order chi connectivity index (χ1) is 9.81. The van der Waals surface area contributed by atoms with Crippen LogP contribution >= 0.6 is 0 Å². The molecule has 1 saturated carbocycles. The van der Waals surface area contributed by atoms with Crippen molar-refractivity contribution in [2.75, 3.05) is 26.2 Å². The molecular formula is C16H28N2O2. The van der Waals surface area contributed by atoms with Crippen LogP contribution in [-0.4, -0.2) is 54.2 Å². The Morgan fingerprint density at radius 2 is 1.55 bits per heavy atom. The highest BCUT2D eigenvalue weighted by molar-refractivity contribution is 5.78. The van der Waals surface area contributed by atoms with Crippen LogP contribution in [0.3, 0.4) is 0 Å². The Hall–Kier alpha value is -0.900. The van der Waals surface area contributed by atoms with Crippen LogP contribution in [0.4, 0.5) is 0 Å². The zero-order valence-corrected chi connectivity index (χ0v) is 12.6. The van der Waals surface area contributed by atoms with Crippen LogP contribution in [0.25, 0.3) is 0 Å². The predicted molar refractivity (Wildman–Crippen MR) is 79.6 cm³/mol. The van der Waals surface area contributed by atoms with Crippen LogP contribution < -0.4 is 0 Å². The van der Waals surface area contributed by atoms with E-state index in [4.69, 9.17) is 0 Å². The number of amides is 1. The molecule has 1 aliphatic carbocycles. The molecule has 1 saturated heterocycles. The monoisotopic (exact) mass is 280 g/mol. The molecule has 2 fully saturated rings. The van der Waals surface area contributed by atoms with Gasteiger partial charge in [0.05, 0.1) is 0 Å². The third-order valence-electron chi connectivity index (χ3n) is 4.73. The quantitative estimate of drug-likeness (QED) is 0.741. The van der Waals surface area contributed by atoms with Crippen molar-refractivity contribution in [3.63, 3.8) is 0 Å². The van der Waals surface area contributed by atoms with Gasteiger partial charge in [-0.15, -0.1) is 0 Å². The number of hydrogen-bond donors (Lipinski definition) is 0. The third-order valence-corrected chi connectivity index (χ3v) is 4.73. The van der Waals surface area contributed by atoms with E-state index >= 15 is 0 Å². The lowest BCUT2D eigenvalue weighted by molar-refractivity contribution is -0.134. The third kappa shape index (κ3) is 4.58. The van der Waals surface area contributed by atoms with Crippen LogP contribution in [0.5, 0.6) is 0 Å². The number of carbonyl (C=O) groups excluding carboxylic acids is 2. The average Bonchev–Trinajstić information content (AvgIpc) is 2.45. The predicted octanol–water partition coefficient (Wildman–Crippen LogP) is 2.22.